The van der Waals surface area contributed by atoms with Crippen molar-refractivity contribution >= 4 is 28.6 Å². The zero-order chi connectivity index (χ0) is 13.0. The maximum absolute atomic E-state index is 12.8. The Balaban J connectivity index is 3.15. The van der Waals surface area contributed by atoms with Crippen LogP contribution < -0.4 is 4.74 Å². The molecule has 0 atom stereocenters. The zero-order valence-corrected chi connectivity index (χ0v) is 11.3. The van der Waals surface area contributed by atoms with Crippen molar-refractivity contribution in [3.63, 3.8) is 0 Å². The van der Waals surface area contributed by atoms with Gasteiger partial charge in [-0.05, 0) is 28.7 Å². The number of esters is 1. The van der Waals surface area contributed by atoms with Crippen LogP contribution in [0.15, 0.2) is 6.07 Å². The summed E-state index contributed by atoms with van der Waals surface area (Å²) in [7, 11) is 2.52. The van der Waals surface area contributed by atoms with E-state index in [-0.39, 0.29) is 23.4 Å². The minimum atomic E-state index is -2.68. The van der Waals surface area contributed by atoms with Crippen LogP contribution in [0.3, 0.4) is 0 Å². The summed E-state index contributed by atoms with van der Waals surface area (Å²) in [4.78, 5) is 15.0. The van der Waals surface area contributed by atoms with E-state index < -0.39 is 12.4 Å². The predicted octanol–water partition coefficient (Wildman–Crippen LogP) is 2.35. The lowest BCUT2D eigenvalue weighted by Gasteiger charge is -2.11. The summed E-state index contributed by atoms with van der Waals surface area (Å²) in [6.07, 6.45) is -2.83. The quantitative estimate of drug-likeness (QED) is 0.472. The molecular weight excluding hydrogens is 347 g/mol. The Morgan fingerprint density at radius 3 is 2.65 bits per heavy atom. The van der Waals surface area contributed by atoms with Crippen molar-refractivity contribution in [1.82, 2.24) is 4.98 Å². The zero-order valence-electron chi connectivity index (χ0n) is 9.17. The van der Waals surface area contributed by atoms with E-state index >= 15 is 0 Å². The summed E-state index contributed by atoms with van der Waals surface area (Å²) in [5, 5.41) is 0. The molecule has 0 saturated carbocycles. The minimum absolute atomic E-state index is 0.0363. The lowest BCUT2D eigenvalue weighted by atomic mass is 10.2. The van der Waals surface area contributed by atoms with Gasteiger partial charge in [-0.25, -0.2) is 13.8 Å². The van der Waals surface area contributed by atoms with Gasteiger partial charge in [-0.1, -0.05) is 0 Å². The fourth-order valence-corrected chi connectivity index (χ4v) is 2.09. The number of carbonyl (C=O) groups excluding carboxylic acids is 1. The van der Waals surface area contributed by atoms with E-state index in [1.807, 2.05) is 0 Å². The Labute approximate surface area is 110 Å². The molecule has 7 heteroatoms. The van der Waals surface area contributed by atoms with Crippen LogP contribution >= 0.6 is 22.6 Å². The minimum Gasteiger partial charge on any atom is -0.493 e. The average molecular weight is 357 g/mol. The molecule has 0 amide bonds. The average Bonchev–Trinajstić information content (AvgIpc) is 2.28. The van der Waals surface area contributed by atoms with Gasteiger partial charge < -0.3 is 9.47 Å². The van der Waals surface area contributed by atoms with Crippen LogP contribution in [-0.2, 0) is 16.0 Å². The number of carbonyl (C=O) groups is 1. The maximum Gasteiger partial charge on any atom is 0.311 e. The third-order valence-corrected chi connectivity index (χ3v) is 2.74. The Kier molecular flexibility index (Phi) is 5.03. The molecule has 1 aromatic heterocycles. The lowest BCUT2D eigenvalue weighted by molar-refractivity contribution is -0.139. The van der Waals surface area contributed by atoms with E-state index in [9.17, 15) is 13.6 Å². The van der Waals surface area contributed by atoms with E-state index in [0.29, 0.717) is 3.70 Å². The van der Waals surface area contributed by atoms with Crippen molar-refractivity contribution < 1.29 is 23.0 Å². The monoisotopic (exact) mass is 357 g/mol. The SMILES string of the molecule is COC(=O)Cc1cc(C(F)F)c(OC)c(I)n1. The van der Waals surface area contributed by atoms with Gasteiger partial charge in [-0.15, -0.1) is 0 Å². The molecule has 0 spiro atoms. The molecule has 0 unspecified atom stereocenters. The lowest BCUT2D eigenvalue weighted by Crippen LogP contribution is -2.09. The van der Waals surface area contributed by atoms with Gasteiger partial charge in [-0.2, -0.15) is 0 Å². The first-order chi connectivity index (χ1) is 7.99. The molecule has 94 valence electrons. The molecule has 0 aliphatic heterocycles. The number of hydrogen-bond donors (Lipinski definition) is 0. The van der Waals surface area contributed by atoms with Crippen molar-refractivity contribution in [2.24, 2.45) is 0 Å². The number of pyridine rings is 1. The highest BCUT2D eigenvalue weighted by atomic mass is 127. The number of rotatable bonds is 4. The second kappa shape index (κ2) is 6.08. The van der Waals surface area contributed by atoms with Crippen LogP contribution in [0.2, 0.25) is 0 Å². The highest BCUT2D eigenvalue weighted by Crippen LogP contribution is 2.32. The fourth-order valence-electron chi connectivity index (χ4n) is 1.25. The van der Waals surface area contributed by atoms with E-state index in [4.69, 9.17) is 4.74 Å². The van der Waals surface area contributed by atoms with Crippen LogP contribution in [0.25, 0.3) is 0 Å². The molecule has 0 bridgehead atoms. The van der Waals surface area contributed by atoms with Gasteiger partial charge in [0, 0.05) is 0 Å². The molecule has 0 fully saturated rings. The van der Waals surface area contributed by atoms with E-state index in [1.165, 1.54) is 14.2 Å². The first-order valence-electron chi connectivity index (χ1n) is 4.57. The summed E-state index contributed by atoms with van der Waals surface area (Å²) in [5.74, 6) is -0.493. The molecule has 0 radical (unpaired) electrons. The number of methoxy groups -OCH3 is 2. The molecule has 0 aromatic carbocycles. The predicted molar refractivity (Wildman–Crippen MR) is 64.2 cm³/mol. The van der Waals surface area contributed by atoms with Crippen molar-refractivity contribution in [3.8, 4) is 5.75 Å². The molecule has 4 nitrogen and oxygen atoms in total. The van der Waals surface area contributed by atoms with Crippen molar-refractivity contribution in [2.45, 2.75) is 12.8 Å². The molecule has 1 aromatic rings. The molecule has 0 aliphatic rings. The van der Waals surface area contributed by atoms with Crippen LogP contribution in [0, 0.1) is 3.70 Å². The molecule has 0 saturated heterocycles. The third kappa shape index (κ3) is 3.48. The Hall–Kier alpha value is -0.990. The standard InChI is InChI=1S/C10H10F2INO3/c1-16-7(15)4-5-3-6(9(11)12)8(17-2)10(13)14-5/h3,9H,4H2,1-2H3. The summed E-state index contributed by atoms with van der Waals surface area (Å²) in [6.45, 7) is 0. The number of nitrogens with zero attached hydrogens (tertiary/aromatic N) is 1. The highest BCUT2D eigenvalue weighted by molar-refractivity contribution is 14.1. The number of hydrogen-bond acceptors (Lipinski definition) is 4. The van der Waals surface area contributed by atoms with Crippen molar-refractivity contribution in [1.29, 1.82) is 0 Å². The number of ether oxygens (including phenoxy) is 2. The second-order valence-electron chi connectivity index (χ2n) is 3.08. The van der Waals surface area contributed by atoms with Crippen molar-refractivity contribution in [2.75, 3.05) is 14.2 Å². The number of alkyl halides is 2. The molecule has 0 N–H and O–H groups in total. The van der Waals surface area contributed by atoms with Crippen LogP contribution in [0.4, 0.5) is 8.78 Å². The smallest absolute Gasteiger partial charge is 0.311 e. The van der Waals surface area contributed by atoms with E-state index in [2.05, 4.69) is 9.72 Å². The number of halogens is 3. The summed E-state index contributed by atoms with van der Waals surface area (Å²) >= 11 is 1.78. The molecule has 1 rings (SSSR count). The van der Waals surface area contributed by atoms with Gasteiger partial charge in [0.1, 0.15) is 3.70 Å². The normalized spacial score (nSPS) is 10.5. The van der Waals surface area contributed by atoms with Crippen LogP contribution in [-0.4, -0.2) is 25.2 Å². The van der Waals surface area contributed by atoms with E-state index in [1.54, 1.807) is 22.6 Å². The first kappa shape index (κ1) is 14.1. The fraction of sp³-hybridized carbons (Fsp3) is 0.400. The van der Waals surface area contributed by atoms with Gasteiger partial charge in [0.05, 0.1) is 31.9 Å². The van der Waals surface area contributed by atoms with Crippen LogP contribution in [0.5, 0.6) is 5.75 Å². The summed E-state index contributed by atoms with van der Waals surface area (Å²) in [6, 6.07) is 1.16. The summed E-state index contributed by atoms with van der Waals surface area (Å²) in [5.41, 5.74) is -0.0387. The van der Waals surface area contributed by atoms with Gasteiger partial charge in [-0.3, -0.25) is 4.79 Å². The van der Waals surface area contributed by atoms with Crippen LogP contribution in [0.1, 0.15) is 17.7 Å². The largest absolute Gasteiger partial charge is 0.493 e. The first-order valence-corrected chi connectivity index (χ1v) is 5.65. The molecular formula is C10H10F2INO3. The highest BCUT2D eigenvalue weighted by Gasteiger charge is 2.20. The Morgan fingerprint density at radius 2 is 2.18 bits per heavy atom. The molecule has 17 heavy (non-hydrogen) atoms. The topological polar surface area (TPSA) is 48.4 Å². The van der Waals surface area contributed by atoms with Gasteiger partial charge in [0.2, 0.25) is 0 Å². The summed E-state index contributed by atoms with van der Waals surface area (Å²) < 4.78 is 35.1. The molecule has 0 aliphatic carbocycles. The van der Waals surface area contributed by atoms with Gasteiger partial charge in [0.25, 0.3) is 6.43 Å². The molecule has 1 heterocycles. The van der Waals surface area contributed by atoms with Gasteiger partial charge >= 0.3 is 5.97 Å². The third-order valence-electron chi connectivity index (χ3n) is 2.01. The Bertz CT molecular complexity index is 426. The maximum atomic E-state index is 12.8. The second-order valence-corrected chi connectivity index (χ2v) is 4.10. The van der Waals surface area contributed by atoms with Crippen molar-refractivity contribution in [3.05, 3.63) is 21.0 Å². The van der Waals surface area contributed by atoms with Gasteiger partial charge in [0.15, 0.2) is 5.75 Å². The van der Waals surface area contributed by atoms with E-state index in [0.717, 1.165) is 6.07 Å². The number of aromatic nitrogens is 1. The Morgan fingerprint density at radius 1 is 1.53 bits per heavy atom.